The van der Waals surface area contributed by atoms with E-state index in [0.717, 1.165) is 13.0 Å². The zero-order valence-electron chi connectivity index (χ0n) is 9.24. The standard InChI is InChI=1S/C11H10F2N2O2/c1-11(12,13)7-3-6(10(16)17)4-8-9(7)14-5-15(8)2/h3-5H,1-2H3,(H,16,17). The topological polar surface area (TPSA) is 55.1 Å². The lowest BCUT2D eigenvalue weighted by Gasteiger charge is -2.12. The van der Waals surface area contributed by atoms with Crippen LogP contribution < -0.4 is 0 Å². The van der Waals surface area contributed by atoms with Gasteiger partial charge >= 0.3 is 5.97 Å². The lowest BCUT2D eigenvalue weighted by Crippen LogP contribution is -2.10. The molecule has 0 radical (unpaired) electrons. The van der Waals surface area contributed by atoms with E-state index in [4.69, 9.17) is 5.11 Å². The minimum Gasteiger partial charge on any atom is -0.478 e. The molecule has 0 bridgehead atoms. The van der Waals surface area contributed by atoms with Crippen LogP contribution >= 0.6 is 0 Å². The number of carboxylic acids is 1. The van der Waals surface area contributed by atoms with Crippen molar-refractivity contribution < 1.29 is 18.7 Å². The summed E-state index contributed by atoms with van der Waals surface area (Å²) < 4.78 is 28.3. The Labute approximate surface area is 95.5 Å². The van der Waals surface area contributed by atoms with Crippen LogP contribution in [0, 0.1) is 0 Å². The smallest absolute Gasteiger partial charge is 0.335 e. The molecule has 6 heteroatoms. The van der Waals surface area contributed by atoms with Gasteiger partial charge in [0, 0.05) is 19.5 Å². The monoisotopic (exact) mass is 240 g/mol. The number of fused-ring (bicyclic) bond motifs is 1. The third-order valence-corrected chi connectivity index (χ3v) is 2.55. The van der Waals surface area contributed by atoms with Crippen LogP contribution in [0.4, 0.5) is 8.78 Å². The predicted octanol–water partition coefficient (Wildman–Crippen LogP) is 2.38. The van der Waals surface area contributed by atoms with E-state index in [1.807, 2.05) is 0 Å². The van der Waals surface area contributed by atoms with E-state index in [0.29, 0.717) is 5.52 Å². The molecule has 0 spiro atoms. The second-order valence-corrected chi connectivity index (χ2v) is 3.94. The van der Waals surface area contributed by atoms with Crippen LogP contribution in [-0.4, -0.2) is 20.6 Å². The third-order valence-electron chi connectivity index (χ3n) is 2.55. The Kier molecular flexibility index (Phi) is 2.38. The summed E-state index contributed by atoms with van der Waals surface area (Å²) in [7, 11) is 1.62. The first-order valence-electron chi connectivity index (χ1n) is 4.87. The van der Waals surface area contributed by atoms with Gasteiger partial charge in [-0.15, -0.1) is 0 Å². The minimum atomic E-state index is -3.13. The lowest BCUT2D eigenvalue weighted by atomic mass is 10.0. The molecule has 2 aromatic rings. The molecule has 0 saturated heterocycles. The molecule has 1 heterocycles. The highest BCUT2D eigenvalue weighted by Gasteiger charge is 2.29. The molecule has 4 nitrogen and oxygen atoms in total. The summed E-state index contributed by atoms with van der Waals surface area (Å²) in [5, 5.41) is 8.89. The van der Waals surface area contributed by atoms with Crippen molar-refractivity contribution in [3.63, 3.8) is 0 Å². The van der Waals surface area contributed by atoms with E-state index in [1.165, 1.54) is 17.0 Å². The van der Waals surface area contributed by atoms with Crippen molar-refractivity contribution in [1.29, 1.82) is 0 Å². The van der Waals surface area contributed by atoms with E-state index >= 15 is 0 Å². The van der Waals surface area contributed by atoms with Gasteiger partial charge in [0.15, 0.2) is 0 Å². The number of alkyl halides is 2. The van der Waals surface area contributed by atoms with Gasteiger partial charge in [-0.05, 0) is 12.1 Å². The molecule has 0 aliphatic heterocycles. The van der Waals surface area contributed by atoms with Gasteiger partial charge < -0.3 is 9.67 Å². The zero-order valence-corrected chi connectivity index (χ0v) is 9.24. The number of aryl methyl sites for hydroxylation is 1. The molecule has 1 aromatic heterocycles. The molecule has 2 rings (SSSR count). The Hall–Kier alpha value is -1.98. The van der Waals surface area contributed by atoms with Gasteiger partial charge in [0.2, 0.25) is 0 Å². The maximum atomic E-state index is 13.4. The summed E-state index contributed by atoms with van der Waals surface area (Å²) >= 11 is 0. The molecule has 17 heavy (non-hydrogen) atoms. The second-order valence-electron chi connectivity index (χ2n) is 3.94. The van der Waals surface area contributed by atoms with E-state index in [1.54, 1.807) is 7.05 Å². The van der Waals surface area contributed by atoms with Crippen LogP contribution in [0.15, 0.2) is 18.5 Å². The van der Waals surface area contributed by atoms with Gasteiger partial charge in [0.25, 0.3) is 5.92 Å². The van der Waals surface area contributed by atoms with Crippen molar-refractivity contribution >= 4 is 17.0 Å². The number of carbonyl (C=O) groups is 1. The van der Waals surface area contributed by atoms with Gasteiger partial charge in [-0.3, -0.25) is 0 Å². The van der Waals surface area contributed by atoms with E-state index in [-0.39, 0.29) is 16.6 Å². The maximum absolute atomic E-state index is 13.4. The number of nitrogens with zero attached hydrogens (tertiary/aromatic N) is 2. The van der Waals surface area contributed by atoms with Crippen molar-refractivity contribution in [3.05, 3.63) is 29.6 Å². The average molecular weight is 240 g/mol. The van der Waals surface area contributed by atoms with Crippen molar-refractivity contribution in [3.8, 4) is 0 Å². The number of carboxylic acid groups (broad SMARTS) is 1. The summed E-state index contributed by atoms with van der Waals surface area (Å²) in [6, 6.07) is 2.30. The van der Waals surface area contributed by atoms with Gasteiger partial charge in [-0.25, -0.2) is 18.6 Å². The van der Waals surface area contributed by atoms with Crippen LogP contribution in [0.1, 0.15) is 22.8 Å². The molecule has 90 valence electrons. The molecular weight excluding hydrogens is 230 g/mol. The normalized spacial score (nSPS) is 12.0. The van der Waals surface area contributed by atoms with Gasteiger partial charge in [0.05, 0.1) is 22.9 Å². The summed E-state index contributed by atoms with van der Waals surface area (Å²) in [6.45, 7) is 0.724. The highest BCUT2D eigenvalue weighted by molar-refractivity contribution is 5.94. The van der Waals surface area contributed by atoms with Gasteiger partial charge in [-0.1, -0.05) is 0 Å². The number of hydrogen-bond donors (Lipinski definition) is 1. The fourth-order valence-corrected chi connectivity index (χ4v) is 1.69. The molecule has 0 saturated carbocycles. The molecule has 1 aromatic carbocycles. The summed E-state index contributed by atoms with van der Waals surface area (Å²) in [4.78, 5) is 14.8. The fraction of sp³-hybridized carbons (Fsp3) is 0.273. The number of aromatic nitrogens is 2. The number of aromatic carboxylic acids is 1. The first-order valence-corrected chi connectivity index (χ1v) is 4.87. The van der Waals surface area contributed by atoms with E-state index < -0.39 is 11.9 Å². The fourth-order valence-electron chi connectivity index (χ4n) is 1.69. The average Bonchev–Trinajstić information content (AvgIpc) is 2.58. The highest BCUT2D eigenvalue weighted by atomic mass is 19.3. The summed E-state index contributed by atoms with van der Waals surface area (Å²) in [6.07, 6.45) is 1.38. The van der Waals surface area contributed by atoms with Crippen LogP contribution in [0.25, 0.3) is 11.0 Å². The number of halogens is 2. The number of rotatable bonds is 2. The molecule has 0 atom stereocenters. The predicted molar refractivity (Wildman–Crippen MR) is 57.2 cm³/mol. The third kappa shape index (κ3) is 1.86. The van der Waals surface area contributed by atoms with Crippen LogP contribution in [-0.2, 0) is 13.0 Å². The lowest BCUT2D eigenvalue weighted by molar-refractivity contribution is 0.0188. The van der Waals surface area contributed by atoms with Crippen LogP contribution in [0.3, 0.4) is 0 Å². The van der Waals surface area contributed by atoms with Crippen molar-refractivity contribution in [2.24, 2.45) is 7.05 Å². The number of imidazole rings is 1. The number of hydrogen-bond acceptors (Lipinski definition) is 2. The van der Waals surface area contributed by atoms with Crippen molar-refractivity contribution in [1.82, 2.24) is 9.55 Å². The molecular formula is C11H10F2N2O2. The number of benzene rings is 1. The largest absolute Gasteiger partial charge is 0.478 e. The molecule has 1 N–H and O–H groups in total. The Morgan fingerprint density at radius 1 is 1.47 bits per heavy atom. The maximum Gasteiger partial charge on any atom is 0.335 e. The molecule has 0 fully saturated rings. The zero-order chi connectivity index (χ0) is 12.8. The summed E-state index contributed by atoms with van der Waals surface area (Å²) in [5.41, 5.74) is -0.0305. The SMILES string of the molecule is Cn1cnc2c(C(C)(F)F)cc(C(=O)O)cc21. The van der Waals surface area contributed by atoms with Crippen molar-refractivity contribution in [2.45, 2.75) is 12.8 Å². The Bertz CT molecular complexity index is 599. The van der Waals surface area contributed by atoms with Crippen LogP contribution in [0.5, 0.6) is 0 Å². The first-order chi connectivity index (χ1) is 7.80. The second kappa shape index (κ2) is 3.51. The molecule has 0 unspecified atom stereocenters. The summed E-state index contributed by atoms with van der Waals surface area (Å²) in [5.74, 6) is -4.36. The minimum absolute atomic E-state index is 0.130. The van der Waals surface area contributed by atoms with Crippen molar-refractivity contribution in [2.75, 3.05) is 0 Å². The molecule has 0 aliphatic carbocycles. The Morgan fingerprint density at radius 3 is 2.65 bits per heavy atom. The Balaban J connectivity index is 2.85. The van der Waals surface area contributed by atoms with Gasteiger partial charge in [-0.2, -0.15) is 0 Å². The quantitative estimate of drug-likeness (QED) is 0.876. The first kappa shape index (κ1) is 11.5. The van der Waals surface area contributed by atoms with E-state index in [9.17, 15) is 13.6 Å². The molecule has 0 aliphatic rings. The van der Waals surface area contributed by atoms with Crippen LogP contribution in [0.2, 0.25) is 0 Å². The molecule has 0 amide bonds. The van der Waals surface area contributed by atoms with Gasteiger partial charge in [0.1, 0.15) is 0 Å². The Morgan fingerprint density at radius 2 is 2.12 bits per heavy atom. The van der Waals surface area contributed by atoms with E-state index in [2.05, 4.69) is 4.98 Å². The highest BCUT2D eigenvalue weighted by Crippen LogP contribution is 2.33.